The molecular formula is C40H22F4. The number of fused-ring (bicyclic) bond motifs is 3. The van der Waals surface area contributed by atoms with Gasteiger partial charge in [-0.1, -0.05) is 97.1 Å². The first kappa shape index (κ1) is 26.2. The number of halogens is 4. The first-order valence-corrected chi connectivity index (χ1v) is 14.3. The summed E-state index contributed by atoms with van der Waals surface area (Å²) in [5.41, 5.74) is 8.37. The normalized spacial score (nSPS) is 11.6. The molecule has 0 amide bonds. The van der Waals surface area contributed by atoms with Crippen LogP contribution in [0.4, 0.5) is 17.6 Å². The number of hydrogen-bond acceptors (Lipinski definition) is 0. The molecular weight excluding hydrogens is 556 g/mol. The van der Waals surface area contributed by atoms with Crippen molar-refractivity contribution in [2.24, 2.45) is 0 Å². The van der Waals surface area contributed by atoms with Crippen LogP contribution in [-0.4, -0.2) is 0 Å². The predicted molar refractivity (Wildman–Crippen MR) is 170 cm³/mol. The van der Waals surface area contributed by atoms with Crippen molar-refractivity contribution in [3.63, 3.8) is 0 Å². The highest BCUT2D eigenvalue weighted by atomic mass is 19.1. The third-order valence-corrected chi connectivity index (χ3v) is 8.37. The summed E-state index contributed by atoms with van der Waals surface area (Å²) in [5, 5.41) is 2.10. The van der Waals surface area contributed by atoms with E-state index in [4.69, 9.17) is 0 Å². The Morgan fingerprint density at radius 1 is 0.295 bits per heavy atom. The van der Waals surface area contributed by atoms with Gasteiger partial charge >= 0.3 is 0 Å². The Labute approximate surface area is 251 Å². The predicted octanol–water partition coefficient (Wildman–Crippen LogP) is 11.7. The van der Waals surface area contributed by atoms with Crippen LogP contribution in [0.15, 0.2) is 133 Å². The molecule has 7 aromatic rings. The van der Waals surface area contributed by atoms with E-state index in [2.05, 4.69) is 24.3 Å². The molecule has 1 aliphatic carbocycles. The van der Waals surface area contributed by atoms with Gasteiger partial charge in [-0.3, -0.25) is 0 Å². The highest BCUT2D eigenvalue weighted by Gasteiger charge is 2.34. The highest BCUT2D eigenvalue weighted by molar-refractivity contribution is 6.25. The van der Waals surface area contributed by atoms with Crippen molar-refractivity contribution >= 4 is 10.8 Å². The van der Waals surface area contributed by atoms with Crippen LogP contribution < -0.4 is 0 Å². The first-order chi connectivity index (χ1) is 21.5. The van der Waals surface area contributed by atoms with Crippen molar-refractivity contribution in [3.05, 3.63) is 157 Å². The summed E-state index contributed by atoms with van der Waals surface area (Å²) in [6.45, 7) is 0. The van der Waals surface area contributed by atoms with Crippen LogP contribution in [0.3, 0.4) is 0 Å². The van der Waals surface area contributed by atoms with E-state index >= 15 is 17.6 Å². The van der Waals surface area contributed by atoms with Crippen molar-refractivity contribution in [2.45, 2.75) is 0 Å². The smallest absolute Gasteiger partial charge is 0.126 e. The van der Waals surface area contributed by atoms with Gasteiger partial charge in [0.1, 0.15) is 23.3 Å². The van der Waals surface area contributed by atoms with E-state index < -0.39 is 23.3 Å². The number of benzene rings is 7. The third kappa shape index (κ3) is 4.06. The van der Waals surface area contributed by atoms with Crippen LogP contribution in [0, 0.1) is 23.3 Å². The Morgan fingerprint density at radius 3 is 1.05 bits per heavy atom. The van der Waals surface area contributed by atoms with E-state index in [0.717, 1.165) is 67.4 Å². The van der Waals surface area contributed by atoms with E-state index in [-0.39, 0.29) is 11.1 Å². The summed E-state index contributed by atoms with van der Waals surface area (Å²) < 4.78 is 60.2. The van der Waals surface area contributed by atoms with Gasteiger partial charge in [0.25, 0.3) is 0 Å². The lowest BCUT2D eigenvalue weighted by atomic mass is 9.76. The number of hydrogen-bond donors (Lipinski definition) is 0. The van der Waals surface area contributed by atoms with Gasteiger partial charge in [0.2, 0.25) is 0 Å². The largest absolute Gasteiger partial charge is 0.207 e. The van der Waals surface area contributed by atoms with E-state index in [1.165, 1.54) is 24.3 Å². The maximum absolute atomic E-state index is 15.0. The summed E-state index contributed by atoms with van der Waals surface area (Å²) in [6, 6.07) is 38.3. The fraction of sp³-hybridized carbons (Fsp3) is 0. The molecule has 0 radical (unpaired) electrons. The molecule has 0 bridgehead atoms. The maximum atomic E-state index is 15.0. The fourth-order valence-corrected chi connectivity index (χ4v) is 6.81. The molecule has 8 rings (SSSR count). The molecule has 0 fully saturated rings. The molecule has 0 aromatic heterocycles. The van der Waals surface area contributed by atoms with Gasteiger partial charge in [-0.25, -0.2) is 17.6 Å². The molecule has 210 valence electrons. The summed E-state index contributed by atoms with van der Waals surface area (Å²) >= 11 is 0. The van der Waals surface area contributed by atoms with Gasteiger partial charge in [0, 0.05) is 12.1 Å². The van der Waals surface area contributed by atoms with Crippen LogP contribution in [0.1, 0.15) is 0 Å². The van der Waals surface area contributed by atoms with E-state index in [1.54, 1.807) is 0 Å². The van der Waals surface area contributed by atoms with Crippen LogP contribution in [0.5, 0.6) is 0 Å². The maximum Gasteiger partial charge on any atom is 0.126 e. The van der Waals surface area contributed by atoms with E-state index in [0.29, 0.717) is 11.1 Å². The van der Waals surface area contributed by atoms with Crippen molar-refractivity contribution in [2.75, 3.05) is 0 Å². The Kier molecular flexibility index (Phi) is 5.98. The molecule has 7 aromatic carbocycles. The second-order valence-corrected chi connectivity index (χ2v) is 11.0. The Morgan fingerprint density at radius 2 is 0.659 bits per heavy atom. The highest BCUT2D eigenvalue weighted by Crippen LogP contribution is 2.60. The second-order valence-electron chi connectivity index (χ2n) is 11.0. The van der Waals surface area contributed by atoms with Gasteiger partial charge < -0.3 is 0 Å². The molecule has 4 heteroatoms. The van der Waals surface area contributed by atoms with Crippen molar-refractivity contribution in [1.29, 1.82) is 0 Å². The summed E-state index contributed by atoms with van der Waals surface area (Å²) in [7, 11) is 0. The van der Waals surface area contributed by atoms with Gasteiger partial charge in [0.15, 0.2) is 0 Å². The van der Waals surface area contributed by atoms with E-state index in [1.807, 2.05) is 72.8 Å². The van der Waals surface area contributed by atoms with Gasteiger partial charge in [-0.15, -0.1) is 0 Å². The fourth-order valence-electron chi connectivity index (χ4n) is 6.81. The third-order valence-electron chi connectivity index (χ3n) is 8.37. The van der Waals surface area contributed by atoms with Crippen molar-refractivity contribution in [3.8, 4) is 66.8 Å². The van der Waals surface area contributed by atoms with Gasteiger partial charge in [0.05, 0.1) is 0 Å². The average molecular weight is 579 g/mol. The van der Waals surface area contributed by atoms with E-state index in [9.17, 15) is 0 Å². The Hall–Kier alpha value is -5.48. The minimum absolute atomic E-state index is 0.268. The zero-order valence-electron chi connectivity index (χ0n) is 23.2. The number of rotatable bonds is 4. The van der Waals surface area contributed by atoms with Crippen LogP contribution in [0.25, 0.3) is 77.5 Å². The summed E-state index contributed by atoms with van der Waals surface area (Å²) in [6.07, 6.45) is 0. The second kappa shape index (κ2) is 10.1. The molecule has 0 saturated heterocycles. The molecule has 44 heavy (non-hydrogen) atoms. The molecule has 0 aliphatic heterocycles. The lowest BCUT2D eigenvalue weighted by Crippen LogP contribution is -2.01. The molecule has 0 saturated carbocycles. The SMILES string of the molecule is Fc1cc(F)cc(-c2c(-c3cc(F)cc(F)c3)c(-c3ccccc3)c3c(c2-c2ccccc2)-c2cccc4cccc-3c24)c1. The van der Waals surface area contributed by atoms with Crippen LogP contribution in [-0.2, 0) is 0 Å². The van der Waals surface area contributed by atoms with Crippen LogP contribution in [0.2, 0.25) is 0 Å². The first-order valence-electron chi connectivity index (χ1n) is 14.3. The van der Waals surface area contributed by atoms with Gasteiger partial charge in [-0.2, -0.15) is 0 Å². The molecule has 0 spiro atoms. The molecule has 0 unspecified atom stereocenters. The van der Waals surface area contributed by atoms with Crippen molar-refractivity contribution in [1.82, 2.24) is 0 Å². The average Bonchev–Trinajstić information content (AvgIpc) is 3.35. The molecule has 0 N–H and O–H groups in total. The Balaban J connectivity index is 1.70. The molecule has 1 aliphatic rings. The minimum atomic E-state index is -0.748. The Bertz CT molecular complexity index is 2060. The standard InChI is InChI=1S/C40H22F4/c41-28-17-26(18-29(42)21-28)37-35(24-9-3-1-4-10-24)39-32-15-7-13-23-14-8-16-33(34(23)32)40(39)36(25-11-5-2-6-12-25)38(37)27-19-30(43)22-31(44)20-27/h1-22H. The topological polar surface area (TPSA) is 0 Å². The van der Waals surface area contributed by atoms with Crippen molar-refractivity contribution < 1.29 is 17.6 Å². The summed E-state index contributed by atoms with van der Waals surface area (Å²) in [5.74, 6) is -2.99. The molecule has 0 heterocycles. The van der Waals surface area contributed by atoms with Crippen LogP contribution >= 0.6 is 0 Å². The zero-order valence-corrected chi connectivity index (χ0v) is 23.2. The minimum Gasteiger partial charge on any atom is -0.207 e. The van der Waals surface area contributed by atoms with Gasteiger partial charge in [-0.05, 0) is 102 Å². The quantitative estimate of drug-likeness (QED) is 0.182. The lowest BCUT2D eigenvalue weighted by molar-refractivity contribution is 0.583. The molecule has 0 nitrogen and oxygen atoms in total. The zero-order chi connectivity index (χ0) is 29.9. The summed E-state index contributed by atoms with van der Waals surface area (Å²) in [4.78, 5) is 0. The monoisotopic (exact) mass is 578 g/mol. The molecule has 0 atom stereocenters. The lowest BCUT2D eigenvalue weighted by Gasteiger charge is -2.26.